The van der Waals surface area contributed by atoms with Crippen molar-refractivity contribution >= 4 is 35.4 Å². The highest BCUT2D eigenvalue weighted by molar-refractivity contribution is 6.32. The molecule has 0 spiro atoms. The van der Waals surface area contributed by atoms with Crippen molar-refractivity contribution in [1.82, 2.24) is 0 Å². The summed E-state index contributed by atoms with van der Waals surface area (Å²) in [5.74, 6) is -1.85. The molecule has 0 bridgehead atoms. The molecule has 0 aromatic heterocycles. The fraction of sp³-hybridized carbons (Fsp3) is 0.0625. The van der Waals surface area contributed by atoms with Crippen molar-refractivity contribution in [2.75, 3.05) is 6.61 Å². The van der Waals surface area contributed by atoms with Crippen LogP contribution < -0.4 is 4.74 Å². The lowest BCUT2D eigenvalue weighted by Gasteiger charge is -2.05. The molecular formula is C16H12ClNO5. The zero-order valence-corrected chi connectivity index (χ0v) is 12.5. The third-order valence-electron chi connectivity index (χ3n) is 2.76. The van der Waals surface area contributed by atoms with Gasteiger partial charge in [-0.1, -0.05) is 17.7 Å². The lowest BCUT2D eigenvalue weighted by Crippen LogP contribution is -2.09. The minimum atomic E-state index is -1.09. The Morgan fingerprint density at radius 3 is 2.61 bits per heavy atom. The number of carboxylic acids is 2. The van der Waals surface area contributed by atoms with E-state index in [-0.39, 0.29) is 16.3 Å². The molecule has 0 radical (unpaired) electrons. The van der Waals surface area contributed by atoms with E-state index in [4.69, 9.17) is 26.6 Å². The van der Waals surface area contributed by atoms with Crippen LogP contribution in [0.3, 0.4) is 0 Å². The van der Waals surface area contributed by atoms with E-state index in [0.717, 1.165) is 0 Å². The van der Waals surface area contributed by atoms with Crippen molar-refractivity contribution < 1.29 is 24.5 Å². The van der Waals surface area contributed by atoms with Crippen LogP contribution in [0.5, 0.6) is 5.75 Å². The molecule has 6 nitrogen and oxygen atoms in total. The van der Waals surface area contributed by atoms with Gasteiger partial charge in [-0.25, -0.2) is 9.59 Å². The third-order valence-corrected chi connectivity index (χ3v) is 3.06. The highest BCUT2D eigenvalue weighted by atomic mass is 35.5. The summed E-state index contributed by atoms with van der Waals surface area (Å²) in [6, 6.07) is 11.0. The second-order valence-electron chi connectivity index (χ2n) is 4.49. The number of rotatable bonds is 6. The lowest BCUT2D eigenvalue weighted by molar-refractivity contribution is -0.139. The second-order valence-corrected chi connectivity index (χ2v) is 4.89. The smallest absolute Gasteiger partial charge is 0.341 e. The SMILES string of the molecule is O=C(O)COc1ccc(C=Nc2cccc(C(=O)O)c2)cc1Cl. The molecule has 2 N–H and O–H groups in total. The zero-order chi connectivity index (χ0) is 16.8. The van der Waals surface area contributed by atoms with Crippen LogP contribution >= 0.6 is 11.6 Å². The molecule has 2 aromatic rings. The van der Waals surface area contributed by atoms with Crippen LogP contribution in [0.15, 0.2) is 47.5 Å². The fourth-order valence-corrected chi connectivity index (χ4v) is 1.97. The summed E-state index contributed by atoms with van der Waals surface area (Å²) in [5.41, 5.74) is 1.31. The molecule has 2 rings (SSSR count). The van der Waals surface area contributed by atoms with Crippen LogP contribution in [0.1, 0.15) is 15.9 Å². The van der Waals surface area contributed by atoms with E-state index in [1.807, 2.05) is 0 Å². The van der Waals surface area contributed by atoms with E-state index in [9.17, 15) is 9.59 Å². The molecule has 118 valence electrons. The molecule has 0 heterocycles. The first-order valence-corrected chi connectivity index (χ1v) is 6.85. The normalized spacial score (nSPS) is 10.7. The molecule has 23 heavy (non-hydrogen) atoms. The molecule has 0 saturated heterocycles. The van der Waals surface area contributed by atoms with Gasteiger partial charge in [0.15, 0.2) is 6.61 Å². The standard InChI is InChI=1S/C16H12ClNO5/c17-13-6-10(4-5-14(13)23-9-15(19)20)8-18-12-3-1-2-11(7-12)16(21)22/h1-8H,9H2,(H,19,20)(H,21,22). The van der Waals surface area contributed by atoms with Crippen molar-refractivity contribution in [2.45, 2.75) is 0 Å². The number of carbonyl (C=O) groups is 2. The number of hydrogen-bond donors (Lipinski definition) is 2. The largest absolute Gasteiger partial charge is 0.480 e. The number of aliphatic imine (C=N–C) groups is 1. The van der Waals surface area contributed by atoms with Crippen molar-refractivity contribution in [2.24, 2.45) is 4.99 Å². The topological polar surface area (TPSA) is 96.2 Å². The summed E-state index contributed by atoms with van der Waals surface area (Å²) in [6.07, 6.45) is 1.52. The van der Waals surface area contributed by atoms with Crippen molar-refractivity contribution in [1.29, 1.82) is 0 Å². The third kappa shape index (κ3) is 4.82. The number of hydrogen-bond acceptors (Lipinski definition) is 4. The number of halogens is 1. The first-order valence-electron chi connectivity index (χ1n) is 6.47. The Kier molecular flexibility index (Phi) is 5.32. The zero-order valence-electron chi connectivity index (χ0n) is 11.8. The Bertz CT molecular complexity index is 773. The van der Waals surface area contributed by atoms with Crippen molar-refractivity contribution in [3.63, 3.8) is 0 Å². The summed E-state index contributed by atoms with van der Waals surface area (Å²) >= 11 is 6.00. The van der Waals surface area contributed by atoms with Gasteiger partial charge in [0.05, 0.1) is 16.3 Å². The van der Waals surface area contributed by atoms with Crippen molar-refractivity contribution in [3.8, 4) is 5.75 Å². The number of ether oxygens (including phenoxy) is 1. The van der Waals surface area contributed by atoms with E-state index < -0.39 is 18.5 Å². The number of nitrogens with zero attached hydrogens (tertiary/aromatic N) is 1. The minimum absolute atomic E-state index is 0.148. The number of aromatic carboxylic acids is 1. The predicted molar refractivity (Wildman–Crippen MR) is 85.2 cm³/mol. The molecule has 0 unspecified atom stereocenters. The molecule has 0 aliphatic heterocycles. The van der Waals surface area contributed by atoms with Gasteiger partial charge in [0, 0.05) is 6.21 Å². The van der Waals surface area contributed by atoms with Crippen molar-refractivity contribution in [3.05, 3.63) is 58.6 Å². The van der Waals surface area contributed by atoms with Gasteiger partial charge in [-0.15, -0.1) is 0 Å². The van der Waals surface area contributed by atoms with Gasteiger partial charge in [0.25, 0.3) is 0 Å². The molecule has 7 heteroatoms. The second kappa shape index (κ2) is 7.42. The number of carboxylic acid groups (broad SMARTS) is 2. The van der Waals surface area contributed by atoms with Crippen LogP contribution in [0.2, 0.25) is 5.02 Å². The Morgan fingerprint density at radius 1 is 1.17 bits per heavy atom. The van der Waals surface area contributed by atoms with Crippen LogP contribution in [0.25, 0.3) is 0 Å². The molecule has 0 atom stereocenters. The minimum Gasteiger partial charge on any atom is -0.480 e. The first-order chi connectivity index (χ1) is 11.0. The van der Waals surface area contributed by atoms with E-state index >= 15 is 0 Å². The molecule has 0 amide bonds. The van der Waals surface area contributed by atoms with E-state index in [2.05, 4.69) is 4.99 Å². The molecule has 2 aromatic carbocycles. The van der Waals surface area contributed by atoms with Gasteiger partial charge in [-0.05, 0) is 42.0 Å². The Labute approximate surface area is 136 Å². The van der Waals surface area contributed by atoms with E-state index in [0.29, 0.717) is 11.3 Å². The van der Waals surface area contributed by atoms with Crippen LogP contribution in [-0.2, 0) is 4.79 Å². The fourth-order valence-electron chi connectivity index (χ4n) is 1.72. The maximum Gasteiger partial charge on any atom is 0.341 e. The molecular weight excluding hydrogens is 322 g/mol. The summed E-state index contributed by atoms with van der Waals surface area (Å²) in [7, 11) is 0. The quantitative estimate of drug-likeness (QED) is 0.791. The highest BCUT2D eigenvalue weighted by Crippen LogP contribution is 2.25. The van der Waals surface area contributed by atoms with Crippen LogP contribution in [0, 0.1) is 0 Å². The van der Waals surface area contributed by atoms with Gasteiger partial charge in [0.2, 0.25) is 0 Å². The van der Waals surface area contributed by atoms with Crippen LogP contribution in [0.4, 0.5) is 5.69 Å². The molecule has 0 aliphatic rings. The maximum atomic E-state index is 10.9. The van der Waals surface area contributed by atoms with Gasteiger partial charge in [0.1, 0.15) is 5.75 Å². The Balaban J connectivity index is 2.14. The summed E-state index contributed by atoms with van der Waals surface area (Å²) < 4.78 is 5.02. The van der Waals surface area contributed by atoms with Gasteiger partial charge < -0.3 is 14.9 Å². The maximum absolute atomic E-state index is 10.9. The number of benzene rings is 2. The molecule has 0 aliphatic carbocycles. The summed E-state index contributed by atoms with van der Waals surface area (Å²) in [4.78, 5) is 25.5. The highest BCUT2D eigenvalue weighted by Gasteiger charge is 2.05. The lowest BCUT2D eigenvalue weighted by atomic mass is 10.2. The first kappa shape index (κ1) is 16.5. The monoisotopic (exact) mass is 333 g/mol. The Hall–Kier alpha value is -2.86. The average Bonchev–Trinajstić information content (AvgIpc) is 2.52. The van der Waals surface area contributed by atoms with Gasteiger partial charge in [-0.3, -0.25) is 4.99 Å². The van der Waals surface area contributed by atoms with Gasteiger partial charge >= 0.3 is 11.9 Å². The molecule has 0 fully saturated rings. The van der Waals surface area contributed by atoms with Gasteiger partial charge in [-0.2, -0.15) is 0 Å². The summed E-state index contributed by atoms with van der Waals surface area (Å²) in [6.45, 7) is -0.477. The Morgan fingerprint density at radius 2 is 1.96 bits per heavy atom. The summed E-state index contributed by atoms with van der Waals surface area (Å²) in [5, 5.41) is 17.7. The van der Waals surface area contributed by atoms with E-state index in [1.54, 1.807) is 30.3 Å². The van der Waals surface area contributed by atoms with E-state index in [1.165, 1.54) is 18.3 Å². The molecule has 0 saturated carbocycles. The number of aliphatic carboxylic acids is 1. The average molecular weight is 334 g/mol. The van der Waals surface area contributed by atoms with Crippen LogP contribution in [-0.4, -0.2) is 35.0 Å². The predicted octanol–water partition coefficient (Wildman–Crippen LogP) is 3.25.